The van der Waals surface area contributed by atoms with Crippen molar-refractivity contribution in [3.63, 3.8) is 0 Å². The minimum Gasteiger partial charge on any atom is -0.308 e. The zero-order valence-electron chi connectivity index (χ0n) is 14.6. The van der Waals surface area contributed by atoms with Crippen LogP contribution in [0.25, 0.3) is 0 Å². The van der Waals surface area contributed by atoms with Gasteiger partial charge in [0, 0.05) is 43.7 Å². The normalized spacial score (nSPS) is 11.3. The lowest BCUT2D eigenvalue weighted by atomic mass is 10.1. The summed E-state index contributed by atoms with van der Waals surface area (Å²) >= 11 is 0. The average Bonchev–Trinajstić information content (AvgIpc) is 3.15. The first-order valence-electron chi connectivity index (χ1n) is 8.40. The SMILES string of the molecule is CC(C)c1nn(C)cc1CNCc1cnn(Cc2ccccc2)c1. The van der Waals surface area contributed by atoms with Crippen molar-refractivity contribution in [2.45, 2.75) is 39.4 Å². The fraction of sp³-hybridized carbons (Fsp3) is 0.368. The molecule has 0 saturated heterocycles. The van der Waals surface area contributed by atoms with Crippen molar-refractivity contribution < 1.29 is 0 Å². The molecule has 1 N–H and O–H groups in total. The van der Waals surface area contributed by atoms with Crippen LogP contribution in [0.3, 0.4) is 0 Å². The second kappa shape index (κ2) is 7.45. The highest BCUT2D eigenvalue weighted by Crippen LogP contribution is 2.17. The quantitative estimate of drug-likeness (QED) is 0.727. The van der Waals surface area contributed by atoms with Crippen LogP contribution in [0.2, 0.25) is 0 Å². The Morgan fingerprint density at radius 3 is 2.58 bits per heavy atom. The molecule has 3 aromatic rings. The molecule has 126 valence electrons. The Morgan fingerprint density at radius 1 is 1.04 bits per heavy atom. The molecule has 24 heavy (non-hydrogen) atoms. The number of aryl methyl sites for hydroxylation is 1. The van der Waals surface area contributed by atoms with E-state index < -0.39 is 0 Å². The minimum absolute atomic E-state index is 0.441. The molecule has 0 aliphatic carbocycles. The highest BCUT2D eigenvalue weighted by atomic mass is 15.3. The second-order valence-electron chi connectivity index (χ2n) is 6.50. The van der Waals surface area contributed by atoms with E-state index in [-0.39, 0.29) is 0 Å². The van der Waals surface area contributed by atoms with Crippen molar-refractivity contribution in [2.24, 2.45) is 7.05 Å². The summed E-state index contributed by atoms with van der Waals surface area (Å²) in [5.41, 5.74) is 4.90. The Hall–Kier alpha value is -2.40. The van der Waals surface area contributed by atoms with Gasteiger partial charge in [0.15, 0.2) is 0 Å². The Balaban J connectivity index is 1.54. The third-order valence-electron chi connectivity index (χ3n) is 4.00. The Bertz CT molecular complexity index is 770. The van der Waals surface area contributed by atoms with Crippen LogP contribution in [0.5, 0.6) is 0 Å². The number of rotatable bonds is 7. The predicted octanol–water partition coefficient (Wildman–Crippen LogP) is 3.08. The minimum atomic E-state index is 0.441. The number of nitrogens with zero attached hydrogens (tertiary/aromatic N) is 4. The van der Waals surface area contributed by atoms with Gasteiger partial charge >= 0.3 is 0 Å². The van der Waals surface area contributed by atoms with Gasteiger partial charge in [-0.15, -0.1) is 0 Å². The van der Waals surface area contributed by atoms with E-state index in [4.69, 9.17) is 0 Å². The Kier molecular flexibility index (Phi) is 5.11. The van der Waals surface area contributed by atoms with Gasteiger partial charge in [0.2, 0.25) is 0 Å². The summed E-state index contributed by atoms with van der Waals surface area (Å²) in [5.74, 6) is 0.441. The van der Waals surface area contributed by atoms with Gasteiger partial charge in [-0.05, 0) is 11.5 Å². The Morgan fingerprint density at radius 2 is 1.83 bits per heavy atom. The smallest absolute Gasteiger partial charge is 0.0694 e. The van der Waals surface area contributed by atoms with Crippen molar-refractivity contribution >= 4 is 0 Å². The first kappa shape index (κ1) is 16.5. The lowest BCUT2D eigenvalue weighted by Crippen LogP contribution is -2.13. The fourth-order valence-corrected chi connectivity index (χ4v) is 2.87. The number of hydrogen-bond donors (Lipinski definition) is 1. The molecule has 0 fully saturated rings. The number of hydrogen-bond acceptors (Lipinski definition) is 3. The molecule has 3 rings (SSSR count). The lowest BCUT2D eigenvalue weighted by molar-refractivity contribution is 0.670. The third kappa shape index (κ3) is 4.11. The molecule has 0 amide bonds. The zero-order chi connectivity index (χ0) is 16.9. The van der Waals surface area contributed by atoms with Crippen LogP contribution in [0.1, 0.15) is 42.1 Å². The van der Waals surface area contributed by atoms with Gasteiger partial charge in [-0.2, -0.15) is 10.2 Å². The van der Waals surface area contributed by atoms with Crippen molar-refractivity contribution in [3.8, 4) is 0 Å². The first-order valence-corrected chi connectivity index (χ1v) is 8.40. The van der Waals surface area contributed by atoms with E-state index in [0.29, 0.717) is 5.92 Å². The van der Waals surface area contributed by atoms with E-state index in [0.717, 1.165) is 19.6 Å². The molecule has 5 nitrogen and oxygen atoms in total. The molecule has 2 aromatic heterocycles. The van der Waals surface area contributed by atoms with Gasteiger partial charge in [-0.3, -0.25) is 9.36 Å². The summed E-state index contributed by atoms with van der Waals surface area (Å²) in [7, 11) is 1.98. The average molecular weight is 323 g/mol. The summed E-state index contributed by atoms with van der Waals surface area (Å²) in [6.45, 7) is 6.80. The first-order chi connectivity index (χ1) is 11.6. The fourth-order valence-electron chi connectivity index (χ4n) is 2.87. The molecular formula is C19H25N5. The van der Waals surface area contributed by atoms with E-state index >= 15 is 0 Å². The van der Waals surface area contributed by atoms with Gasteiger partial charge in [-0.1, -0.05) is 44.2 Å². The summed E-state index contributed by atoms with van der Waals surface area (Å²) in [4.78, 5) is 0. The van der Waals surface area contributed by atoms with Gasteiger partial charge < -0.3 is 5.32 Å². The maximum atomic E-state index is 4.55. The van der Waals surface area contributed by atoms with Crippen molar-refractivity contribution in [3.05, 3.63) is 71.3 Å². The van der Waals surface area contributed by atoms with Crippen LogP contribution in [-0.2, 0) is 26.7 Å². The number of nitrogens with one attached hydrogen (secondary N) is 1. The van der Waals surface area contributed by atoms with Crippen molar-refractivity contribution in [2.75, 3.05) is 0 Å². The second-order valence-corrected chi connectivity index (χ2v) is 6.50. The van der Waals surface area contributed by atoms with Crippen LogP contribution in [0, 0.1) is 0 Å². The lowest BCUT2D eigenvalue weighted by Gasteiger charge is -2.06. The maximum absolute atomic E-state index is 4.55. The summed E-state index contributed by atoms with van der Waals surface area (Å²) in [6, 6.07) is 10.4. The molecule has 0 unspecified atom stereocenters. The molecule has 0 atom stereocenters. The summed E-state index contributed by atoms with van der Waals surface area (Å²) in [5, 5.41) is 12.5. The van der Waals surface area contributed by atoms with E-state index in [1.165, 1.54) is 22.4 Å². The molecule has 0 radical (unpaired) electrons. The molecule has 0 aliphatic heterocycles. The van der Waals surface area contributed by atoms with Gasteiger partial charge in [0.1, 0.15) is 0 Å². The monoisotopic (exact) mass is 323 g/mol. The van der Waals surface area contributed by atoms with Gasteiger partial charge in [0.25, 0.3) is 0 Å². The topological polar surface area (TPSA) is 47.7 Å². The maximum Gasteiger partial charge on any atom is 0.0694 e. The summed E-state index contributed by atoms with van der Waals surface area (Å²) < 4.78 is 3.88. The molecule has 0 saturated carbocycles. The Labute approximate surface area is 143 Å². The molecule has 5 heteroatoms. The van der Waals surface area contributed by atoms with Crippen LogP contribution in [0.4, 0.5) is 0 Å². The molecule has 0 bridgehead atoms. The molecular weight excluding hydrogens is 298 g/mol. The molecule has 0 spiro atoms. The molecule has 0 aliphatic rings. The highest BCUT2D eigenvalue weighted by molar-refractivity contribution is 5.20. The van der Waals surface area contributed by atoms with E-state index in [1.54, 1.807) is 0 Å². The standard InChI is InChI=1S/C19H25N5/c1-15(2)19-18(14-23(3)22-19)11-20-9-17-10-21-24(13-17)12-16-7-5-4-6-8-16/h4-8,10,13-15,20H,9,11-12H2,1-3H3. The van der Waals surface area contributed by atoms with Crippen LogP contribution in [-0.4, -0.2) is 19.6 Å². The number of aromatic nitrogens is 4. The largest absolute Gasteiger partial charge is 0.308 e. The van der Waals surface area contributed by atoms with Crippen molar-refractivity contribution in [1.29, 1.82) is 0 Å². The van der Waals surface area contributed by atoms with E-state index in [1.807, 2.05) is 28.7 Å². The van der Waals surface area contributed by atoms with Crippen LogP contribution in [0.15, 0.2) is 48.9 Å². The third-order valence-corrected chi connectivity index (χ3v) is 4.00. The molecule has 1 aromatic carbocycles. The van der Waals surface area contributed by atoms with Gasteiger partial charge in [0.05, 0.1) is 18.4 Å². The van der Waals surface area contributed by atoms with E-state index in [2.05, 4.69) is 66.0 Å². The van der Waals surface area contributed by atoms with Crippen molar-refractivity contribution in [1.82, 2.24) is 24.9 Å². The highest BCUT2D eigenvalue weighted by Gasteiger charge is 2.11. The van der Waals surface area contributed by atoms with Gasteiger partial charge in [-0.25, -0.2) is 0 Å². The van der Waals surface area contributed by atoms with Crippen LogP contribution < -0.4 is 5.32 Å². The molecule has 2 heterocycles. The van der Waals surface area contributed by atoms with Crippen LogP contribution >= 0.6 is 0 Å². The summed E-state index contributed by atoms with van der Waals surface area (Å²) in [6.07, 6.45) is 6.14. The number of benzene rings is 1. The predicted molar refractivity (Wildman–Crippen MR) is 95.6 cm³/mol. The zero-order valence-corrected chi connectivity index (χ0v) is 14.6. The van der Waals surface area contributed by atoms with E-state index in [9.17, 15) is 0 Å².